The zero-order chi connectivity index (χ0) is 12.6. The molecule has 0 aliphatic carbocycles. The van der Waals surface area contributed by atoms with Gasteiger partial charge in [0.05, 0.1) is 11.1 Å². The fourth-order valence-corrected chi connectivity index (χ4v) is 3.55. The monoisotopic (exact) mass is 274 g/mol. The smallest absolute Gasteiger partial charge is 0.149 e. The molecule has 0 bridgehead atoms. The number of ether oxygens (including phenoxy) is 1. The lowest BCUT2D eigenvalue weighted by Gasteiger charge is -2.09. The summed E-state index contributed by atoms with van der Waals surface area (Å²) in [6.45, 7) is 2.01. The molecule has 0 amide bonds. The van der Waals surface area contributed by atoms with Crippen molar-refractivity contribution in [1.29, 1.82) is 0 Å². The summed E-state index contributed by atoms with van der Waals surface area (Å²) in [6.07, 6.45) is 2.23. The molecule has 94 valence electrons. The molecule has 2 atom stereocenters. The average Bonchev–Trinajstić information content (AvgIpc) is 2.53. The highest BCUT2D eigenvalue weighted by Gasteiger charge is 2.21. The average molecular weight is 275 g/mol. The van der Waals surface area contributed by atoms with E-state index in [2.05, 4.69) is 0 Å². The summed E-state index contributed by atoms with van der Waals surface area (Å²) >= 11 is 6.11. The van der Waals surface area contributed by atoms with Crippen molar-refractivity contribution in [3.8, 4) is 5.75 Å². The first kappa shape index (κ1) is 12.7. The lowest BCUT2D eigenvalue weighted by atomic mass is 10.1. The molecule has 1 aliphatic rings. The molecule has 0 radical (unpaired) electrons. The highest BCUT2D eigenvalue weighted by molar-refractivity contribution is 7.90. The van der Waals surface area contributed by atoms with Gasteiger partial charge in [-0.25, -0.2) is 8.42 Å². The topological polar surface area (TPSA) is 43.4 Å². The van der Waals surface area contributed by atoms with Crippen molar-refractivity contribution in [1.82, 2.24) is 0 Å². The number of sulfone groups is 1. The van der Waals surface area contributed by atoms with Crippen molar-refractivity contribution in [3.05, 3.63) is 29.3 Å². The molecule has 2 unspecified atom stereocenters. The van der Waals surface area contributed by atoms with E-state index in [9.17, 15) is 8.42 Å². The second-order valence-electron chi connectivity index (χ2n) is 4.56. The third-order valence-electron chi connectivity index (χ3n) is 2.73. The van der Waals surface area contributed by atoms with Crippen molar-refractivity contribution in [3.63, 3.8) is 0 Å². The van der Waals surface area contributed by atoms with E-state index in [0.717, 1.165) is 23.3 Å². The number of alkyl halides is 1. The Kier molecular flexibility index (Phi) is 3.36. The Balaban J connectivity index is 2.21. The third-order valence-corrected chi connectivity index (χ3v) is 4.26. The van der Waals surface area contributed by atoms with Gasteiger partial charge in [0.25, 0.3) is 0 Å². The first-order chi connectivity index (χ1) is 7.85. The van der Waals surface area contributed by atoms with Gasteiger partial charge in [-0.3, -0.25) is 0 Å². The summed E-state index contributed by atoms with van der Waals surface area (Å²) in [5, 5.41) is -0.494. The van der Waals surface area contributed by atoms with E-state index in [1.54, 1.807) is 0 Å². The largest absolute Gasteiger partial charge is 0.490 e. The molecule has 5 heteroatoms. The molecular weight excluding hydrogens is 260 g/mol. The molecule has 1 heterocycles. The van der Waals surface area contributed by atoms with E-state index in [-0.39, 0.29) is 11.9 Å². The van der Waals surface area contributed by atoms with Gasteiger partial charge in [-0.1, -0.05) is 12.1 Å². The predicted octanol–water partition coefficient (Wildman–Crippen LogP) is 2.33. The maximum Gasteiger partial charge on any atom is 0.149 e. The van der Waals surface area contributed by atoms with Crippen LogP contribution in [0, 0.1) is 0 Å². The van der Waals surface area contributed by atoms with Crippen LogP contribution in [0.2, 0.25) is 0 Å². The summed E-state index contributed by atoms with van der Waals surface area (Å²) in [5.74, 6) is 0.841. The molecule has 1 aliphatic heterocycles. The summed E-state index contributed by atoms with van der Waals surface area (Å²) in [6, 6.07) is 5.65. The predicted molar refractivity (Wildman–Crippen MR) is 68.5 cm³/mol. The molecule has 17 heavy (non-hydrogen) atoms. The van der Waals surface area contributed by atoms with Gasteiger partial charge in [0.2, 0.25) is 0 Å². The van der Waals surface area contributed by atoms with Gasteiger partial charge in [0, 0.05) is 12.7 Å². The molecule has 0 aromatic heterocycles. The molecule has 3 nitrogen and oxygen atoms in total. The van der Waals surface area contributed by atoms with Gasteiger partial charge < -0.3 is 4.74 Å². The second-order valence-corrected chi connectivity index (χ2v) is 7.27. The Morgan fingerprint density at radius 2 is 2.24 bits per heavy atom. The van der Waals surface area contributed by atoms with Crippen LogP contribution < -0.4 is 4.74 Å². The van der Waals surface area contributed by atoms with E-state index in [4.69, 9.17) is 16.3 Å². The molecule has 2 rings (SSSR count). The van der Waals surface area contributed by atoms with Crippen LogP contribution >= 0.6 is 11.6 Å². The Hall–Kier alpha value is -0.740. The van der Waals surface area contributed by atoms with Gasteiger partial charge in [-0.15, -0.1) is 11.6 Å². The van der Waals surface area contributed by atoms with Crippen molar-refractivity contribution < 1.29 is 13.2 Å². The highest BCUT2D eigenvalue weighted by atomic mass is 35.5. The zero-order valence-electron chi connectivity index (χ0n) is 9.81. The SMILES string of the molecule is CC1Cc2cc(C(Cl)CS(C)(=O)=O)ccc2O1. The number of rotatable bonds is 3. The normalized spacial score (nSPS) is 20.8. The van der Waals surface area contributed by atoms with Gasteiger partial charge in [-0.05, 0) is 24.1 Å². The van der Waals surface area contributed by atoms with E-state index in [1.165, 1.54) is 6.26 Å². The van der Waals surface area contributed by atoms with E-state index in [0.29, 0.717) is 0 Å². The Bertz CT molecular complexity index is 525. The number of benzene rings is 1. The third kappa shape index (κ3) is 3.13. The van der Waals surface area contributed by atoms with Crippen LogP contribution in [-0.4, -0.2) is 26.5 Å². The van der Waals surface area contributed by atoms with Crippen molar-refractivity contribution >= 4 is 21.4 Å². The van der Waals surface area contributed by atoms with Crippen LogP contribution in [0.3, 0.4) is 0 Å². The van der Waals surface area contributed by atoms with Crippen molar-refractivity contribution in [2.75, 3.05) is 12.0 Å². The summed E-state index contributed by atoms with van der Waals surface area (Å²) < 4.78 is 28.0. The minimum atomic E-state index is -3.06. The van der Waals surface area contributed by atoms with Crippen LogP contribution in [0.25, 0.3) is 0 Å². The number of hydrogen-bond acceptors (Lipinski definition) is 3. The summed E-state index contributed by atoms with van der Waals surface area (Å²) in [4.78, 5) is 0. The van der Waals surface area contributed by atoms with E-state index >= 15 is 0 Å². The van der Waals surface area contributed by atoms with E-state index < -0.39 is 15.2 Å². The van der Waals surface area contributed by atoms with Crippen molar-refractivity contribution in [2.24, 2.45) is 0 Å². The van der Waals surface area contributed by atoms with Crippen LogP contribution in [0.5, 0.6) is 5.75 Å². The second kappa shape index (κ2) is 4.50. The zero-order valence-corrected chi connectivity index (χ0v) is 11.4. The number of halogens is 1. The van der Waals surface area contributed by atoms with Gasteiger partial charge >= 0.3 is 0 Å². The first-order valence-electron chi connectivity index (χ1n) is 5.46. The molecule has 0 saturated heterocycles. The Morgan fingerprint density at radius 3 is 2.88 bits per heavy atom. The molecule has 1 aromatic rings. The molecule has 0 fully saturated rings. The quantitative estimate of drug-likeness (QED) is 0.795. The molecule has 1 aromatic carbocycles. The standard InChI is InChI=1S/C12H15ClO3S/c1-8-5-10-6-9(3-4-12(10)16-8)11(13)7-17(2,14)15/h3-4,6,8,11H,5,7H2,1-2H3. The fraction of sp³-hybridized carbons (Fsp3) is 0.500. The lowest BCUT2D eigenvalue weighted by Crippen LogP contribution is -2.09. The lowest BCUT2D eigenvalue weighted by molar-refractivity contribution is 0.254. The molecule has 0 saturated carbocycles. The van der Waals surface area contributed by atoms with Gasteiger partial charge in [0.15, 0.2) is 0 Å². The first-order valence-corrected chi connectivity index (χ1v) is 7.96. The Morgan fingerprint density at radius 1 is 1.53 bits per heavy atom. The minimum absolute atomic E-state index is 0.0379. The fourth-order valence-electron chi connectivity index (χ4n) is 2.00. The van der Waals surface area contributed by atoms with Crippen molar-refractivity contribution in [2.45, 2.75) is 24.8 Å². The Labute approximate surface area is 107 Å². The number of hydrogen-bond donors (Lipinski definition) is 0. The van der Waals surface area contributed by atoms with E-state index in [1.807, 2.05) is 25.1 Å². The van der Waals surface area contributed by atoms with Gasteiger partial charge in [-0.2, -0.15) is 0 Å². The summed E-state index contributed by atoms with van der Waals surface area (Å²) in [5.41, 5.74) is 1.95. The summed E-state index contributed by atoms with van der Waals surface area (Å²) in [7, 11) is -3.06. The maximum atomic E-state index is 11.2. The van der Waals surface area contributed by atoms with Crippen LogP contribution in [0.4, 0.5) is 0 Å². The van der Waals surface area contributed by atoms with Gasteiger partial charge in [0.1, 0.15) is 21.7 Å². The van der Waals surface area contributed by atoms with Crippen LogP contribution in [0.1, 0.15) is 23.4 Å². The molecule has 0 N–H and O–H groups in total. The molecule has 0 spiro atoms. The number of fused-ring (bicyclic) bond motifs is 1. The highest BCUT2D eigenvalue weighted by Crippen LogP contribution is 2.33. The molecular formula is C12H15ClO3S. The van der Waals surface area contributed by atoms with Crippen LogP contribution in [-0.2, 0) is 16.3 Å². The van der Waals surface area contributed by atoms with Crippen LogP contribution in [0.15, 0.2) is 18.2 Å². The minimum Gasteiger partial charge on any atom is -0.490 e. The maximum absolute atomic E-state index is 11.2.